The molecule has 0 atom stereocenters. The molecular formula is C12H12FN3O. The lowest BCUT2D eigenvalue weighted by Gasteiger charge is -1.98. The maximum absolute atomic E-state index is 12.8. The van der Waals surface area contributed by atoms with Crippen LogP contribution in [0.1, 0.15) is 17.4 Å². The van der Waals surface area contributed by atoms with Crippen molar-refractivity contribution in [1.29, 1.82) is 0 Å². The van der Waals surface area contributed by atoms with Gasteiger partial charge in [-0.1, -0.05) is 0 Å². The van der Waals surface area contributed by atoms with E-state index in [0.29, 0.717) is 17.9 Å². The largest absolute Gasteiger partial charge is 0.364 e. The van der Waals surface area contributed by atoms with Gasteiger partial charge in [-0.25, -0.2) is 4.39 Å². The molecule has 4 nitrogen and oxygen atoms in total. The van der Waals surface area contributed by atoms with Gasteiger partial charge in [-0.2, -0.15) is 5.10 Å². The first-order chi connectivity index (χ1) is 8.11. The van der Waals surface area contributed by atoms with Gasteiger partial charge in [0.15, 0.2) is 0 Å². The Bertz CT molecular complexity index is 545. The van der Waals surface area contributed by atoms with Crippen LogP contribution in [0.4, 0.5) is 4.39 Å². The van der Waals surface area contributed by atoms with Crippen molar-refractivity contribution in [1.82, 2.24) is 9.78 Å². The van der Waals surface area contributed by atoms with E-state index in [-0.39, 0.29) is 5.82 Å². The SMILES string of the molecule is CCn1nc(-c2ccc(F)cc2)cc1C(N)=O. The van der Waals surface area contributed by atoms with E-state index in [2.05, 4.69) is 5.10 Å². The number of carbonyl (C=O) groups is 1. The standard InChI is InChI=1S/C12H12FN3O/c1-2-16-11(12(14)17)7-10(15-16)8-3-5-9(13)6-4-8/h3-7H,2H2,1H3,(H2,14,17). The van der Waals surface area contributed by atoms with Gasteiger partial charge < -0.3 is 5.73 Å². The van der Waals surface area contributed by atoms with Gasteiger partial charge in [0.05, 0.1) is 5.69 Å². The Morgan fingerprint density at radius 1 is 1.41 bits per heavy atom. The number of nitrogens with two attached hydrogens (primary N) is 1. The van der Waals surface area contributed by atoms with Gasteiger partial charge in [0.25, 0.3) is 5.91 Å². The molecule has 1 amide bonds. The molecule has 0 bridgehead atoms. The minimum Gasteiger partial charge on any atom is -0.364 e. The Kier molecular flexibility index (Phi) is 2.91. The fraction of sp³-hybridized carbons (Fsp3) is 0.167. The van der Waals surface area contributed by atoms with Gasteiger partial charge in [-0.05, 0) is 37.3 Å². The molecule has 17 heavy (non-hydrogen) atoms. The van der Waals surface area contributed by atoms with Crippen molar-refractivity contribution < 1.29 is 9.18 Å². The second kappa shape index (κ2) is 4.37. The number of benzene rings is 1. The first-order valence-corrected chi connectivity index (χ1v) is 5.25. The average Bonchev–Trinajstić information content (AvgIpc) is 2.74. The van der Waals surface area contributed by atoms with Gasteiger partial charge in [0.1, 0.15) is 11.5 Å². The van der Waals surface area contributed by atoms with E-state index in [1.165, 1.54) is 16.8 Å². The molecule has 88 valence electrons. The smallest absolute Gasteiger partial charge is 0.266 e. The maximum atomic E-state index is 12.8. The van der Waals surface area contributed by atoms with Crippen LogP contribution in [0.2, 0.25) is 0 Å². The Hall–Kier alpha value is -2.17. The number of aryl methyl sites for hydroxylation is 1. The number of halogens is 1. The lowest BCUT2D eigenvalue weighted by atomic mass is 10.1. The lowest BCUT2D eigenvalue weighted by Crippen LogP contribution is -2.16. The summed E-state index contributed by atoms with van der Waals surface area (Å²) >= 11 is 0. The first kappa shape index (κ1) is 11.3. The van der Waals surface area contributed by atoms with Gasteiger partial charge in [0.2, 0.25) is 0 Å². The van der Waals surface area contributed by atoms with Crippen LogP contribution in [0.5, 0.6) is 0 Å². The molecule has 2 N–H and O–H groups in total. The highest BCUT2D eigenvalue weighted by molar-refractivity contribution is 5.92. The minimum absolute atomic E-state index is 0.307. The van der Waals surface area contributed by atoms with Crippen molar-refractivity contribution in [3.05, 3.63) is 41.8 Å². The third-order valence-electron chi connectivity index (χ3n) is 2.47. The fourth-order valence-electron chi connectivity index (χ4n) is 1.62. The molecule has 0 aliphatic carbocycles. The van der Waals surface area contributed by atoms with E-state index in [4.69, 9.17) is 5.73 Å². The van der Waals surface area contributed by atoms with Crippen LogP contribution in [0.15, 0.2) is 30.3 Å². The zero-order valence-electron chi connectivity index (χ0n) is 9.35. The number of hydrogen-bond acceptors (Lipinski definition) is 2. The molecule has 0 aliphatic heterocycles. The molecule has 0 fully saturated rings. The van der Waals surface area contributed by atoms with E-state index in [9.17, 15) is 9.18 Å². The van der Waals surface area contributed by atoms with E-state index in [1.54, 1.807) is 18.2 Å². The average molecular weight is 233 g/mol. The second-order valence-electron chi connectivity index (χ2n) is 3.60. The molecule has 0 saturated heterocycles. The molecule has 5 heteroatoms. The molecule has 1 heterocycles. The topological polar surface area (TPSA) is 60.9 Å². The monoisotopic (exact) mass is 233 g/mol. The Morgan fingerprint density at radius 3 is 2.53 bits per heavy atom. The van der Waals surface area contributed by atoms with Crippen molar-refractivity contribution in [2.45, 2.75) is 13.5 Å². The third-order valence-corrected chi connectivity index (χ3v) is 2.47. The number of nitrogens with zero attached hydrogens (tertiary/aromatic N) is 2. The number of aromatic nitrogens is 2. The molecule has 0 spiro atoms. The summed E-state index contributed by atoms with van der Waals surface area (Å²) in [5, 5.41) is 4.24. The number of hydrogen-bond donors (Lipinski definition) is 1. The Labute approximate surface area is 97.9 Å². The number of carbonyl (C=O) groups excluding carboxylic acids is 1. The quantitative estimate of drug-likeness (QED) is 0.878. The van der Waals surface area contributed by atoms with E-state index < -0.39 is 5.91 Å². The lowest BCUT2D eigenvalue weighted by molar-refractivity contribution is 0.0990. The second-order valence-corrected chi connectivity index (χ2v) is 3.60. The minimum atomic E-state index is -0.521. The van der Waals surface area contributed by atoms with Crippen molar-refractivity contribution in [3.63, 3.8) is 0 Å². The summed E-state index contributed by atoms with van der Waals surface area (Å²) in [5.74, 6) is -0.827. The highest BCUT2D eigenvalue weighted by Crippen LogP contribution is 2.19. The molecular weight excluding hydrogens is 221 g/mol. The van der Waals surface area contributed by atoms with Crippen LogP contribution >= 0.6 is 0 Å². The number of rotatable bonds is 3. The summed E-state index contributed by atoms with van der Waals surface area (Å²) < 4.78 is 14.3. The van der Waals surface area contributed by atoms with E-state index in [0.717, 1.165) is 5.56 Å². The predicted octanol–water partition coefficient (Wildman–Crippen LogP) is 1.81. The van der Waals surface area contributed by atoms with Gasteiger partial charge in [-0.3, -0.25) is 9.48 Å². The van der Waals surface area contributed by atoms with E-state index >= 15 is 0 Å². The van der Waals surface area contributed by atoms with Gasteiger partial charge in [-0.15, -0.1) is 0 Å². The summed E-state index contributed by atoms with van der Waals surface area (Å²) in [6, 6.07) is 7.54. The molecule has 1 aromatic carbocycles. The summed E-state index contributed by atoms with van der Waals surface area (Å²) in [7, 11) is 0. The molecule has 0 aliphatic rings. The molecule has 0 unspecified atom stereocenters. The number of amides is 1. The van der Waals surface area contributed by atoms with Crippen molar-refractivity contribution in [3.8, 4) is 11.3 Å². The molecule has 2 aromatic rings. The maximum Gasteiger partial charge on any atom is 0.266 e. The highest BCUT2D eigenvalue weighted by Gasteiger charge is 2.12. The van der Waals surface area contributed by atoms with Crippen LogP contribution in [0.3, 0.4) is 0 Å². The summed E-state index contributed by atoms with van der Waals surface area (Å²) in [6.45, 7) is 2.42. The molecule has 1 aromatic heterocycles. The molecule has 2 rings (SSSR count). The van der Waals surface area contributed by atoms with Gasteiger partial charge >= 0.3 is 0 Å². The highest BCUT2D eigenvalue weighted by atomic mass is 19.1. The summed E-state index contributed by atoms with van der Waals surface area (Å²) in [6.07, 6.45) is 0. The third kappa shape index (κ3) is 2.18. The summed E-state index contributed by atoms with van der Waals surface area (Å²) in [5.41, 5.74) is 6.96. The normalized spacial score (nSPS) is 10.5. The van der Waals surface area contributed by atoms with Crippen LogP contribution in [0.25, 0.3) is 11.3 Å². The predicted molar refractivity (Wildman–Crippen MR) is 61.8 cm³/mol. The zero-order valence-corrected chi connectivity index (χ0v) is 9.35. The van der Waals surface area contributed by atoms with Crippen LogP contribution in [-0.4, -0.2) is 15.7 Å². The zero-order chi connectivity index (χ0) is 12.4. The molecule has 0 radical (unpaired) electrons. The van der Waals surface area contributed by atoms with Crippen molar-refractivity contribution >= 4 is 5.91 Å². The van der Waals surface area contributed by atoms with Crippen molar-refractivity contribution in [2.75, 3.05) is 0 Å². The Balaban J connectivity index is 2.46. The fourth-order valence-corrected chi connectivity index (χ4v) is 1.62. The molecule has 0 saturated carbocycles. The van der Waals surface area contributed by atoms with E-state index in [1.807, 2.05) is 6.92 Å². The van der Waals surface area contributed by atoms with Crippen LogP contribution in [-0.2, 0) is 6.54 Å². The summed E-state index contributed by atoms with van der Waals surface area (Å²) in [4.78, 5) is 11.2. The number of primary amides is 1. The van der Waals surface area contributed by atoms with Crippen LogP contribution in [0, 0.1) is 5.82 Å². The van der Waals surface area contributed by atoms with Crippen molar-refractivity contribution in [2.24, 2.45) is 5.73 Å². The Morgan fingerprint density at radius 2 is 2.06 bits per heavy atom. The van der Waals surface area contributed by atoms with Crippen LogP contribution < -0.4 is 5.73 Å². The first-order valence-electron chi connectivity index (χ1n) is 5.25. The van der Waals surface area contributed by atoms with Gasteiger partial charge in [0, 0.05) is 12.1 Å².